The van der Waals surface area contributed by atoms with Gasteiger partial charge < -0.3 is 20.2 Å². The molecule has 1 amide bonds. The molecule has 0 bridgehead atoms. The number of aliphatic carboxylic acids is 1. The maximum Gasteiger partial charge on any atom is 0.255 e. The first-order valence-corrected chi connectivity index (χ1v) is 5.59. The fourth-order valence-corrected chi connectivity index (χ4v) is 1.52. The molecule has 1 aromatic carbocycles. The molecule has 1 aromatic heterocycles. The predicted octanol–water partition coefficient (Wildman–Crippen LogP) is 0.535. The second-order valence-electron chi connectivity index (χ2n) is 3.79. The molecule has 0 saturated heterocycles. The summed E-state index contributed by atoms with van der Waals surface area (Å²) in [4.78, 5) is 25.6. The van der Waals surface area contributed by atoms with Crippen molar-refractivity contribution in [1.82, 2.24) is 10.3 Å². The van der Waals surface area contributed by atoms with Gasteiger partial charge in [-0.05, 0) is 30.3 Å². The number of carboxylic acid groups (broad SMARTS) is 1. The minimum absolute atomic E-state index is 0.295. The van der Waals surface area contributed by atoms with Crippen LogP contribution in [0.15, 0.2) is 54.4 Å². The number of nitrogens with one attached hydrogen (secondary N) is 2. The summed E-state index contributed by atoms with van der Waals surface area (Å²) in [5.41, 5.74) is 0.644. The lowest BCUT2D eigenvalue weighted by Gasteiger charge is -2.10. The van der Waals surface area contributed by atoms with Gasteiger partial charge in [-0.15, -0.1) is 0 Å². The maximum absolute atomic E-state index is 11.8. The van der Waals surface area contributed by atoms with Crippen LogP contribution in [-0.4, -0.2) is 16.9 Å². The van der Waals surface area contributed by atoms with Crippen molar-refractivity contribution >= 4 is 18.0 Å². The normalized spacial score (nSPS) is 11.1. The molecule has 0 radical (unpaired) electrons. The molecule has 0 unspecified atom stereocenters. The number of hydrogen-bond donors (Lipinski definition) is 2. The zero-order valence-electron chi connectivity index (χ0n) is 9.92. The van der Waals surface area contributed by atoms with E-state index in [-0.39, 0.29) is 5.70 Å². The van der Waals surface area contributed by atoms with Crippen LogP contribution >= 0.6 is 0 Å². The molecule has 96 valence electrons. The second-order valence-corrected chi connectivity index (χ2v) is 3.79. The summed E-state index contributed by atoms with van der Waals surface area (Å²) in [6.07, 6.45) is 2.95. The number of aromatic nitrogens is 1. The molecule has 0 aliphatic carbocycles. The van der Waals surface area contributed by atoms with E-state index in [4.69, 9.17) is 0 Å². The topological polar surface area (TPSA) is 85.0 Å². The highest BCUT2D eigenvalue weighted by Crippen LogP contribution is 2.04. The third-order valence-corrected chi connectivity index (χ3v) is 2.43. The Kier molecular flexibility index (Phi) is 3.78. The smallest absolute Gasteiger partial charge is 0.255 e. The third kappa shape index (κ3) is 3.32. The van der Waals surface area contributed by atoms with Crippen molar-refractivity contribution in [2.75, 3.05) is 0 Å². The monoisotopic (exact) mass is 255 g/mol. The van der Waals surface area contributed by atoms with Gasteiger partial charge in [0.25, 0.3) is 5.91 Å². The number of aromatic amines is 1. The zero-order valence-corrected chi connectivity index (χ0v) is 9.92. The first-order valence-electron chi connectivity index (χ1n) is 5.59. The van der Waals surface area contributed by atoms with Crippen LogP contribution in [0.2, 0.25) is 0 Å². The average molecular weight is 255 g/mol. The molecule has 5 nitrogen and oxygen atoms in total. The lowest BCUT2D eigenvalue weighted by atomic mass is 10.2. The van der Waals surface area contributed by atoms with Gasteiger partial charge >= 0.3 is 0 Å². The van der Waals surface area contributed by atoms with Crippen molar-refractivity contribution in [2.24, 2.45) is 0 Å². The van der Waals surface area contributed by atoms with Crippen molar-refractivity contribution in [1.29, 1.82) is 0 Å². The van der Waals surface area contributed by atoms with Gasteiger partial charge in [0.2, 0.25) is 0 Å². The van der Waals surface area contributed by atoms with Crippen LogP contribution in [0.25, 0.3) is 6.08 Å². The number of benzene rings is 1. The van der Waals surface area contributed by atoms with Crippen LogP contribution in [0, 0.1) is 0 Å². The fraction of sp³-hybridized carbons (Fsp3) is 0. The number of carboxylic acids is 1. The summed E-state index contributed by atoms with van der Waals surface area (Å²) < 4.78 is 0. The molecular weight excluding hydrogens is 244 g/mol. The summed E-state index contributed by atoms with van der Waals surface area (Å²) in [5, 5.41) is 13.3. The molecule has 1 heterocycles. The number of H-pyrrole nitrogens is 1. The molecule has 2 rings (SSSR count). The van der Waals surface area contributed by atoms with E-state index in [1.165, 1.54) is 6.08 Å². The van der Waals surface area contributed by atoms with Crippen LogP contribution in [0.3, 0.4) is 0 Å². The van der Waals surface area contributed by atoms with Gasteiger partial charge in [-0.1, -0.05) is 18.2 Å². The molecule has 5 heteroatoms. The summed E-state index contributed by atoms with van der Waals surface area (Å²) in [5.74, 6) is -1.94. The van der Waals surface area contributed by atoms with Crippen molar-refractivity contribution in [3.05, 3.63) is 65.6 Å². The predicted molar refractivity (Wildman–Crippen MR) is 67.7 cm³/mol. The molecule has 2 aromatic rings. The van der Waals surface area contributed by atoms with E-state index >= 15 is 0 Å². The Balaban J connectivity index is 2.19. The Morgan fingerprint density at radius 2 is 1.84 bits per heavy atom. The number of rotatable bonds is 4. The molecule has 0 aliphatic rings. The van der Waals surface area contributed by atoms with Gasteiger partial charge in [0.05, 0.1) is 11.7 Å². The Morgan fingerprint density at radius 1 is 1.11 bits per heavy atom. The highest BCUT2D eigenvalue weighted by Gasteiger charge is 2.08. The third-order valence-electron chi connectivity index (χ3n) is 2.43. The van der Waals surface area contributed by atoms with Gasteiger partial charge in [-0.25, -0.2) is 0 Å². The summed E-state index contributed by atoms with van der Waals surface area (Å²) in [6.45, 7) is 0. The molecule has 2 N–H and O–H groups in total. The number of amides is 1. The number of carbonyl (C=O) groups is 2. The van der Waals surface area contributed by atoms with Gasteiger partial charge in [0.15, 0.2) is 0 Å². The van der Waals surface area contributed by atoms with Crippen molar-refractivity contribution < 1.29 is 14.7 Å². The van der Waals surface area contributed by atoms with Crippen LogP contribution < -0.4 is 10.4 Å². The first kappa shape index (κ1) is 12.6. The molecule has 0 fully saturated rings. The zero-order chi connectivity index (χ0) is 13.7. The highest BCUT2D eigenvalue weighted by molar-refractivity contribution is 6.02. The van der Waals surface area contributed by atoms with Crippen LogP contribution in [0.1, 0.15) is 16.1 Å². The highest BCUT2D eigenvalue weighted by atomic mass is 16.4. The maximum atomic E-state index is 11.8. The van der Waals surface area contributed by atoms with E-state index < -0.39 is 11.9 Å². The number of hydrogen-bond acceptors (Lipinski definition) is 3. The van der Waals surface area contributed by atoms with Crippen LogP contribution in [0.5, 0.6) is 0 Å². The van der Waals surface area contributed by atoms with E-state index in [2.05, 4.69) is 10.3 Å². The largest absolute Gasteiger partial charge is 0.543 e. The van der Waals surface area contributed by atoms with E-state index in [1.54, 1.807) is 48.7 Å². The molecule has 0 aliphatic heterocycles. The van der Waals surface area contributed by atoms with E-state index in [1.807, 2.05) is 0 Å². The lowest BCUT2D eigenvalue weighted by Crippen LogP contribution is -2.35. The molecule has 0 atom stereocenters. The molecule has 0 saturated carbocycles. The van der Waals surface area contributed by atoms with Gasteiger partial charge in [-0.3, -0.25) is 4.79 Å². The average Bonchev–Trinajstić information content (AvgIpc) is 2.91. The summed E-state index contributed by atoms with van der Waals surface area (Å²) in [6, 6.07) is 11.7. The lowest BCUT2D eigenvalue weighted by molar-refractivity contribution is -0.299. The quantitative estimate of drug-likeness (QED) is 0.782. The van der Waals surface area contributed by atoms with E-state index in [9.17, 15) is 14.7 Å². The minimum atomic E-state index is -1.45. The van der Waals surface area contributed by atoms with E-state index in [0.29, 0.717) is 11.3 Å². The minimum Gasteiger partial charge on any atom is -0.543 e. The van der Waals surface area contributed by atoms with Crippen molar-refractivity contribution in [3.8, 4) is 0 Å². The van der Waals surface area contributed by atoms with Crippen LogP contribution in [0.4, 0.5) is 0 Å². The van der Waals surface area contributed by atoms with Crippen molar-refractivity contribution in [3.63, 3.8) is 0 Å². The summed E-state index contributed by atoms with van der Waals surface area (Å²) >= 11 is 0. The van der Waals surface area contributed by atoms with Crippen molar-refractivity contribution in [2.45, 2.75) is 0 Å². The van der Waals surface area contributed by atoms with Gasteiger partial charge in [0.1, 0.15) is 0 Å². The standard InChI is InChI=1S/C14H12N2O3/c17-13(10-5-2-1-3-6-10)16-12(14(18)19)9-11-7-4-8-15-11/h1-9,15H,(H,16,17)(H,18,19)/p-1/b12-9-. The van der Waals surface area contributed by atoms with Crippen LogP contribution in [-0.2, 0) is 4.79 Å². The molecule has 19 heavy (non-hydrogen) atoms. The molecular formula is C14H11N2O3-. The fourth-order valence-electron chi connectivity index (χ4n) is 1.52. The first-order chi connectivity index (χ1) is 9.16. The Labute approximate surface area is 109 Å². The SMILES string of the molecule is O=C([O-])/C(=C/c1ccc[nH]1)NC(=O)c1ccccc1. The Morgan fingerprint density at radius 3 is 2.42 bits per heavy atom. The Hall–Kier alpha value is -2.82. The van der Waals surface area contributed by atoms with Gasteiger partial charge in [0, 0.05) is 17.5 Å². The van der Waals surface area contributed by atoms with Gasteiger partial charge in [-0.2, -0.15) is 0 Å². The van der Waals surface area contributed by atoms with E-state index in [0.717, 1.165) is 0 Å². The summed E-state index contributed by atoms with van der Waals surface area (Å²) in [7, 11) is 0. The Bertz CT molecular complexity index is 601. The second kappa shape index (κ2) is 5.68. The molecule has 0 spiro atoms. The number of carbonyl (C=O) groups excluding carboxylic acids is 2.